The van der Waals surface area contributed by atoms with Gasteiger partial charge in [-0.05, 0) is 53.8 Å². The van der Waals surface area contributed by atoms with Crippen LogP contribution in [0.1, 0.15) is 57.4 Å². The van der Waals surface area contributed by atoms with Crippen molar-refractivity contribution in [3.8, 4) is 0 Å². The Kier molecular flexibility index (Phi) is 6.87. The minimum atomic E-state index is -4.63. The first-order valence-electron chi connectivity index (χ1n) is 13.2. The standard InChI is InChI=1S/C28H29F4N5O3/c1-35-16-33-34-25(35)24(29)27(14-40-15-27)19-5-4-6-20(11-19)37-13-22-21(26(37)38)9-18(10-23(22)28(30,31)32)12-36-7-2-3-8-39-17-36/h4-6,9-11,16,24H,2-3,7-8,12-15,17H2,1H3/t24-/m1/s1. The second-order valence-corrected chi connectivity index (χ2v) is 10.7. The Balaban J connectivity index is 1.32. The highest BCUT2D eigenvalue weighted by molar-refractivity contribution is 6.10. The van der Waals surface area contributed by atoms with E-state index in [9.17, 15) is 18.0 Å². The highest BCUT2D eigenvalue weighted by Gasteiger charge is 2.51. The molecule has 0 N–H and O–H groups in total. The predicted octanol–water partition coefficient (Wildman–Crippen LogP) is 4.54. The van der Waals surface area contributed by atoms with Crippen LogP contribution in [0.25, 0.3) is 0 Å². The summed E-state index contributed by atoms with van der Waals surface area (Å²) in [5.74, 6) is -0.369. The number of carbonyl (C=O) groups is 1. The second kappa shape index (κ2) is 10.2. The number of amides is 1. The quantitative estimate of drug-likeness (QED) is 0.413. The van der Waals surface area contributed by atoms with Crippen molar-refractivity contribution in [2.45, 2.75) is 43.7 Å². The van der Waals surface area contributed by atoms with Crippen molar-refractivity contribution < 1.29 is 31.8 Å². The van der Waals surface area contributed by atoms with E-state index in [4.69, 9.17) is 9.47 Å². The maximum absolute atomic E-state index is 15.8. The first kappa shape index (κ1) is 26.9. The summed E-state index contributed by atoms with van der Waals surface area (Å²) in [4.78, 5) is 16.9. The van der Waals surface area contributed by atoms with Crippen LogP contribution in [-0.2, 0) is 41.2 Å². The van der Waals surface area contributed by atoms with Crippen LogP contribution in [0.2, 0.25) is 0 Å². The fraction of sp³-hybridized carbons (Fsp3) is 0.464. The number of ether oxygens (including phenoxy) is 2. The maximum atomic E-state index is 15.8. The summed E-state index contributed by atoms with van der Waals surface area (Å²) >= 11 is 0. The number of halogens is 4. The molecular formula is C28H29F4N5O3. The second-order valence-electron chi connectivity index (χ2n) is 10.7. The number of carbonyl (C=O) groups excluding carboxylic acids is 1. The molecule has 40 heavy (non-hydrogen) atoms. The van der Waals surface area contributed by atoms with Gasteiger partial charge in [0.05, 0.1) is 37.5 Å². The minimum absolute atomic E-state index is 0.0371. The molecule has 212 valence electrons. The molecular weight excluding hydrogens is 530 g/mol. The van der Waals surface area contributed by atoms with E-state index in [1.165, 1.54) is 15.8 Å². The van der Waals surface area contributed by atoms with Gasteiger partial charge in [0.2, 0.25) is 0 Å². The number of fused-ring (bicyclic) bond motifs is 1. The molecule has 1 aromatic heterocycles. The van der Waals surface area contributed by atoms with Crippen molar-refractivity contribution in [1.29, 1.82) is 0 Å². The number of benzene rings is 2. The zero-order chi connectivity index (χ0) is 28.1. The molecule has 4 heterocycles. The number of hydrogen-bond acceptors (Lipinski definition) is 6. The van der Waals surface area contributed by atoms with Gasteiger partial charge in [-0.3, -0.25) is 9.69 Å². The summed E-state index contributed by atoms with van der Waals surface area (Å²) in [5, 5.41) is 7.69. The Morgan fingerprint density at radius 1 is 1.12 bits per heavy atom. The Hall–Kier alpha value is -3.35. The van der Waals surface area contributed by atoms with Gasteiger partial charge < -0.3 is 18.9 Å². The minimum Gasteiger partial charge on any atom is -0.379 e. The van der Waals surface area contributed by atoms with E-state index in [1.54, 1.807) is 37.4 Å². The van der Waals surface area contributed by atoms with E-state index in [1.807, 2.05) is 4.90 Å². The molecule has 3 aliphatic rings. The Morgan fingerprint density at radius 2 is 1.95 bits per heavy atom. The van der Waals surface area contributed by atoms with Crippen LogP contribution in [0.4, 0.5) is 23.2 Å². The summed E-state index contributed by atoms with van der Waals surface area (Å²) in [7, 11) is 1.65. The average Bonchev–Trinajstić information content (AvgIpc) is 3.36. The Bertz CT molecular complexity index is 1410. The van der Waals surface area contributed by atoms with Crippen molar-refractivity contribution in [2.75, 3.05) is 38.0 Å². The van der Waals surface area contributed by atoms with Gasteiger partial charge in [0.1, 0.15) is 6.33 Å². The normalized spacial score (nSPS) is 20.2. The molecule has 0 aliphatic carbocycles. The van der Waals surface area contributed by atoms with Crippen molar-refractivity contribution in [1.82, 2.24) is 19.7 Å². The first-order valence-corrected chi connectivity index (χ1v) is 13.2. The summed E-state index contributed by atoms with van der Waals surface area (Å²) < 4.78 is 71.0. The number of nitrogens with zero attached hydrogens (tertiary/aromatic N) is 5. The summed E-state index contributed by atoms with van der Waals surface area (Å²) in [6.07, 6.45) is -2.95. The highest BCUT2D eigenvalue weighted by atomic mass is 19.4. The van der Waals surface area contributed by atoms with E-state index in [2.05, 4.69) is 10.2 Å². The summed E-state index contributed by atoms with van der Waals surface area (Å²) in [6.45, 7) is 1.88. The van der Waals surface area contributed by atoms with Crippen LogP contribution < -0.4 is 4.90 Å². The lowest BCUT2D eigenvalue weighted by Crippen LogP contribution is -2.50. The third kappa shape index (κ3) is 4.67. The van der Waals surface area contributed by atoms with Crippen molar-refractivity contribution in [3.05, 3.63) is 76.4 Å². The van der Waals surface area contributed by atoms with Gasteiger partial charge in [-0.2, -0.15) is 13.2 Å². The molecule has 2 fully saturated rings. The smallest absolute Gasteiger partial charge is 0.379 e. The molecule has 1 atom stereocenters. The predicted molar refractivity (Wildman–Crippen MR) is 136 cm³/mol. The van der Waals surface area contributed by atoms with E-state index in [0.717, 1.165) is 18.9 Å². The van der Waals surface area contributed by atoms with E-state index < -0.39 is 29.2 Å². The van der Waals surface area contributed by atoms with Gasteiger partial charge in [0.15, 0.2) is 12.0 Å². The molecule has 8 nitrogen and oxygen atoms in total. The fourth-order valence-electron chi connectivity index (χ4n) is 5.74. The number of alkyl halides is 4. The Labute approximate surface area is 228 Å². The lowest BCUT2D eigenvalue weighted by atomic mass is 9.74. The summed E-state index contributed by atoms with van der Waals surface area (Å²) in [5.41, 5.74) is -0.490. The molecule has 6 rings (SSSR count). The van der Waals surface area contributed by atoms with Crippen LogP contribution >= 0.6 is 0 Å². The van der Waals surface area contributed by atoms with Crippen LogP contribution in [-0.4, -0.2) is 58.7 Å². The van der Waals surface area contributed by atoms with Crippen molar-refractivity contribution in [2.24, 2.45) is 7.05 Å². The number of rotatable bonds is 6. The van der Waals surface area contributed by atoms with E-state index >= 15 is 4.39 Å². The number of anilines is 1. The van der Waals surface area contributed by atoms with Gasteiger partial charge >= 0.3 is 6.18 Å². The van der Waals surface area contributed by atoms with Crippen molar-refractivity contribution >= 4 is 11.6 Å². The third-order valence-corrected chi connectivity index (χ3v) is 8.01. The zero-order valence-corrected chi connectivity index (χ0v) is 22.0. The molecule has 0 unspecified atom stereocenters. The van der Waals surface area contributed by atoms with E-state index in [0.29, 0.717) is 36.7 Å². The molecule has 2 aromatic carbocycles. The molecule has 1 amide bonds. The lowest BCUT2D eigenvalue weighted by molar-refractivity contribution is -0.138. The molecule has 0 saturated carbocycles. The van der Waals surface area contributed by atoms with Crippen LogP contribution in [0.5, 0.6) is 0 Å². The molecule has 12 heteroatoms. The molecule has 3 aromatic rings. The topological polar surface area (TPSA) is 72.7 Å². The lowest BCUT2D eigenvalue weighted by Gasteiger charge is -2.43. The number of hydrogen-bond donors (Lipinski definition) is 0. The Morgan fingerprint density at radius 3 is 2.65 bits per heavy atom. The van der Waals surface area contributed by atoms with Crippen LogP contribution in [0.3, 0.4) is 0 Å². The van der Waals surface area contributed by atoms with E-state index in [-0.39, 0.29) is 43.3 Å². The van der Waals surface area contributed by atoms with Gasteiger partial charge in [0.25, 0.3) is 5.91 Å². The monoisotopic (exact) mass is 559 g/mol. The van der Waals surface area contributed by atoms with Crippen LogP contribution in [0.15, 0.2) is 42.7 Å². The third-order valence-electron chi connectivity index (χ3n) is 8.01. The molecule has 2 saturated heterocycles. The fourth-order valence-corrected chi connectivity index (χ4v) is 5.74. The maximum Gasteiger partial charge on any atom is 0.416 e. The number of aromatic nitrogens is 3. The van der Waals surface area contributed by atoms with Crippen molar-refractivity contribution in [3.63, 3.8) is 0 Å². The van der Waals surface area contributed by atoms with Gasteiger partial charge in [-0.25, -0.2) is 4.39 Å². The largest absolute Gasteiger partial charge is 0.416 e. The molecule has 0 radical (unpaired) electrons. The summed E-state index contributed by atoms with van der Waals surface area (Å²) in [6, 6.07) is 9.45. The molecule has 3 aliphatic heterocycles. The van der Waals surface area contributed by atoms with Crippen LogP contribution in [0, 0.1) is 0 Å². The van der Waals surface area contributed by atoms with Gasteiger partial charge in [-0.15, -0.1) is 10.2 Å². The zero-order valence-electron chi connectivity index (χ0n) is 22.0. The van der Waals surface area contributed by atoms with Gasteiger partial charge in [0, 0.05) is 38.0 Å². The van der Waals surface area contributed by atoms with Gasteiger partial charge in [-0.1, -0.05) is 12.1 Å². The SMILES string of the molecule is Cn1cnnc1[C@@H](F)C1(c2cccc(N3Cc4c(cc(CN5CCCCOC5)cc4C(F)(F)F)C3=O)c2)COC1. The molecule has 0 bridgehead atoms. The number of aryl methyl sites for hydroxylation is 1. The first-order chi connectivity index (χ1) is 19.2. The molecule has 0 spiro atoms. The average molecular weight is 560 g/mol. The highest BCUT2D eigenvalue weighted by Crippen LogP contribution is 2.46.